The average molecular weight is 574 g/mol. The van der Waals surface area contributed by atoms with Crippen molar-refractivity contribution < 1.29 is 30.6 Å². The van der Waals surface area contributed by atoms with Gasteiger partial charge in [0.1, 0.15) is 15.0 Å². The Kier molecular flexibility index (Phi) is 7.05. The van der Waals surface area contributed by atoms with Crippen LogP contribution in [0.1, 0.15) is 0 Å². The molecule has 3 aromatic carbocycles. The third-order valence-corrected chi connectivity index (χ3v) is 7.12. The summed E-state index contributed by atoms with van der Waals surface area (Å²) in [6.45, 7) is 0. The van der Waals surface area contributed by atoms with Gasteiger partial charge in [-0.2, -0.15) is 0 Å². The van der Waals surface area contributed by atoms with Crippen LogP contribution in [-0.2, 0) is 0 Å². The minimum atomic E-state index is -0.230. The van der Waals surface area contributed by atoms with E-state index < -0.39 is 0 Å². The molecular weight excluding hydrogens is 558 g/mol. The van der Waals surface area contributed by atoms with E-state index in [1.165, 1.54) is 59.1 Å². The number of phenolic OH excluding ortho intramolecular Hbond substituents is 6. The third-order valence-electron chi connectivity index (χ3n) is 4.57. The van der Waals surface area contributed by atoms with Gasteiger partial charge in [0.15, 0.2) is 34.5 Å². The number of hydrogen-bond donors (Lipinski definition) is 6. The van der Waals surface area contributed by atoms with Crippen molar-refractivity contribution in [2.24, 2.45) is 0 Å². The van der Waals surface area contributed by atoms with Crippen molar-refractivity contribution in [3.8, 4) is 66.2 Å². The molecular formula is C23H16BrN3O6S2. The summed E-state index contributed by atoms with van der Waals surface area (Å²) >= 11 is 6.04. The lowest BCUT2D eigenvalue weighted by Gasteiger charge is -2.00. The molecule has 0 spiro atoms. The van der Waals surface area contributed by atoms with Crippen LogP contribution in [0.2, 0.25) is 0 Å². The van der Waals surface area contributed by atoms with Crippen LogP contribution < -0.4 is 0 Å². The van der Waals surface area contributed by atoms with Crippen molar-refractivity contribution in [2.45, 2.75) is 0 Å². The van der Waals surface area contributed by atoms with Crippen LogP contribution >= 0.6 is 38.6 Å². The predicted octanol–water partition coefficient (Wildman–Crippen LogP) is 5.68. The van der Waals surface area contributed by atoms with Crippen LogP contribution in [-0.4, -0.2) is 45.8 Å². The summed E-state index contributed by atoms with van der Waals surface area (Å²) in [6.07, 6.45) is 1.70. The number of aromatic nitrogens is 3. The van der Waals surface area contributed by atoms with E-state index in [0.29, 0.717) is 21.1 Å². The summed E-state index contributed by atoms with van der Waals surface area (Å²) < 4.78 is 0.931. The van der Waals surface area contributed by atoms with Crippen LogP contribution in [0.4, 0.5) is 0 Å². The largest absolute Gasteiger partial charge is 0.504 e. The Bertz CT molecular complexity index is 1440. The maximum absolute atomic E-state index is 9.50. The van der Waals surface area contributed by atoms with Gasteiger partial charge in [0.05, 0.1) is 9.98 Å². The normalized spacial score (nSPS) is 10.5. The SMILES string of the molecule is Oc1ccc(-c2ncc(Br)s2)cc1O.Oc1ccc(-c2nnc(-c3ccc(O)c(O)c3)s2)cc1O. The van der Waals surface area contributed by atoms with Crippen molar-refractivity contribution in [1.29, 1.82) is 0 Å². The van der Waals surface area contributed by atoms with Crippen molar-refractivity contribution in [3.05, 3.63) is 64.6 Å². The van der Waals surface area contributed by atoms with Gasteiger partial charge in [0, 0.05) is 16.7 Å². The molecule has 9 nitrogen and oxygen atoms in total. The van der Waals surface area contributed by atoms with E-state index in [1.807, 2.05) is 0 Å². The number of hydrogen-bond acceptors (Lipinski definition) is 11. The van der Waals surface area contributed by atoms with Crippen molar-refractivity contribution in [3.63, 3.8) is 0 Å². The highest BCUT2D eigenvalue weighted by atomic mass is 79.9. The number of nitrogens with zero attached hydrogens (tertiary/aromatic N) is 3. The number of benzene rings is 3. The van der Waals surface area contributed by atoms with Crippen LogP contribution in [0.5, 0.6) is 34.5 Å². The van der Waals surface area contributed by atoms with Crippen LogP contribution in [0.3, 0.4) is 0 Å². The predicted molar refractivity (Wildman–Crippen MR) is 136 cm³/mol. The minimum Gasteiger partial charge on any atom is -0.504 e. The second-order valence-electron chi connectivity index (χ2n) is 6.99. The van der Waals surface area contributed by atoms with Gasteiger partial charge in [0.2, 0.25) is 0 Å². The zero-order chi connectivity index (χ0) is 25.1. The quantitative estimate of drug-likeness (QED) is 0.149. The topological polar surface area (TPSA) is 160 Å². The molecule has 0 aliphatic carbocycles. The van der Waals surface area contributed by atoms with Gasteiger partial charge >= 0.3 is 0 Å². The first-order valence-electron chi connectivity index (χ1n) is 9.73. The summed E-state index contributed by atoms with van der Waals surface area (Å²) in [5, 5.41) is 65.9. The molecule has 2 heterocycles. The van der Waals surface area contributed by atoms with Gasteiger partial charge in [-0.1, -0.05) is 11.3 Å². The van der Waals surface area contributed by atoms with E-state index in [9.17, 15) is 25.5 Å². The maximum atomic E-state index is 9.50. The maximum Gasteiger partial charge on any atom is 0.158 e. The first-order valence-corrected chi connectivity index (χ1v) is 12.2. The Morgan fingerprint density at radius 1 is 0.514 bits per heavy atom. The number of rotatable bonds is 3. The fourth-order valence-electron chi connectivity index (χ4n) is 2.81. The Balaban J connectivity index is 0.000000179. The van der Waals surface area contributed by atoms with Gasteiger partial charge in [-0.25, -0.2) is 4.98 Å². The molecule has 5 rings (SSSR count). The molecule has 0 radical (unpaired) electrons. The Labute approximate surface area is 214 Å². The molecule has 0 fully saturated rings. The molecule has 0 atom stereocenters. The molecule has 2 aromatic heterocycles. The molecule has 0 saturated carbocycles. The highest BCUT2D eigenvalue weighted by Crippen LogP contribution is 2.37. The van der Waals surface area contributed by atoms with Gasteiger partial charge in [-0.05, 0) is 70.5 Å². The van der Waals surface area contributed by atoms with Crippen molar-refractivity contribution in [1.82, 2.24) is 15.2 Å². The minimum absolute atomic E-state index is 0.121. The Hall–Kier alpha value is -3.87. The van der Waals surface area contributed by atoms with E-state index >= 15 is 0 Å². The summed E-state index contributed by atoms with van der Waals surface area (Å²) in [7, 11) is 0. The second-order valence-corrected chi connectivity index (χ2v) is 10.4. The smallest absolute Gasteiger partial charge is 0.158 e. The van der Waals surface area contributed by atoms with E-state index in [0.717, 1.165) is 14.4 Å². The fraction of sp³-hybridized carbons (Fsp3) is 0. The molecule has 12 heteroatoms. The first-order chi connectivity index (χ1) is 16.7. The average Bonchev–Trinajstić information content (AvgIpc) is 3.49. The number of phenols is 6. The highest BCUT2D eigenvalue weighted by Gasteiger charge is 2.12. The zero-order valence-electron chi connectivity index (χ0n) is 17.5. The molecule has 0 amide bonds. The molecule has 5 aromatic rings. The van der Waals surface area contributed by atoms with Gasteiger partial charge < -0.3 is 30.6 Å². The fourth-order valence-corrected chi connectivity index (χ4v) is 4.85. The molecule has 0 aliphatic rings. The lowest BCUT2D eigenvalue weighted by molar-refractivity contribution is 0.404. The van der Waals surface area contributed by atoms with Crippen LogP contribution in [0.15, 0.2) is 64.6 Å². The number of thiazole rings is 1. The van der Waals surface area contributed by atoms with Crippen LogP contribution in [0.25, 0.3) is 31.7 Å². The molecule has 0 unspecified atom stereocenters. The van der Waals surface area contributed by atoms with Gasteiger partial charge in [-0.15, -0.1) is 21.5 Å². The van der Waals surface area contributed by atoms with E-state index in [4.69, 9.17) is 5.11 Å². The third kappa shape index (κ3) is 5.62. The summed E-state index contributed by atoms with van der Waals surface area (Å²) in [5.41, 5.74) is 2.03. The van der Waals surface area contributed by atoms with E-state index in [-0.39, 0.29) is 34.5 Å². The molecule has 0 bridgehead atoms. The number of aromatic hydroxyl groups is 6. The highest BCUT2D eigenvalue weighted by molar-refractivity contribution is 9.11. The zero-order valence-corrected chi connectivity index (χ0v) is 20.7. The monoisotopic (exact) mass is 573 g/mol. The standard InChI is InChI=1S/C14H10N2O4S.C9H6BrNO2S/c17-9-3-1-7(5-11(9)19)13-15-16-14(21-13)8-2-4-10(18)12(20)6-8;10-8-4-11-9(14-8)5-1-2-6(12)7(13)3-5/h1-6,17-20H;1-4,12-13H. The lowest BCUT2D eigenvalue weighted by Crippen LogP contribution is -1.78. The molecule has 178 valence electrons. The molecule has 35 heavy (non-hydrogen) atoms. The van der Waals surface area contributed by atoms with Gasteiger partial charge in [-0.3, -0.25) is 0 Å². The second kappa shape index (κ2) is 10.2. The Morgan fingerprint density at radius 2 is 0.914 bits per heavy atom. The summed E-state index contributed by atoms with van der Waals surface area (Å²) in [5.74, 6) is -1.12. The lowest BCUT2D eigenvalue weighted by atomic mass is 10.2. The first kappa shape index (κ1) is 24.3. The van der Waals surface area contributed by atoms with Crippen molar-refractivity contribution in [2.75, 3.05) is 0 Å². The molecule has 0 aliphatic heterocycles. The number of halogens is 1. The van der Waals surface area contributed by atoms with E-state index in [1.54, 1.807) is 24.4 Å². The van der Waals surface area contributed by atoms with Crippen molar-refractivity contribution >= 4 is 38.6 Å². The summed E-state index contributed by atoms with van der Waals surface area (Å²) in [4.78, 5) is 4.14. The Morgan fingerprint density at radius 3 is 1.26 bits per heavy atom. The van der Waals surface area contributed by atoms with E-state index in [2.05, 4.69) is 31.1 Å². The molecule has 6 N–H and O–H groups in total. The summed E-state index contributed by atoms with van der Waals surface area (Å²) in [6, 6.07) is 13.4. The molecule has 0 saturated heterocycles. The van der Waals surface area contributed by atoms with Gasteiger partial charge in [0.25, 0.3) is 0 Å². The van der Waals surface area contributed by atoms with Crippen LogP contribution in [0, 0.1) is 0 Å².